The molecule has 1 saturated heterocycles. The molecule has 10 nitrogen and oxygen atoms in total. The summed E-state index contributed by atoms with van der Waals surface area (Å²) in [6.45, 7) is 6.25. The quantitative estimate of drug-likeness (QED) is 0.360. The van der Waals surface area contributed by atoms with Crippen LogP contribution in [0.25, 0.3) is 0 Å². The molecule has 0 radical (unpaired) electrons. The van der Waals surface area contributed by atoms with E-state index in [0.29, 0.717) is 57.2 Å². The molecule has 2 aliphatic rings. The molecule has 1 aromatic carbocycles. The third kappa shape index (κ3) is 5.24. The maximum Gasteiger partial charge on any atom is 0.279 e. The van der Waals surface area contributed by atoms with Gasteiger partial charge in [-0.05, 0) is 19.1 Å². The first-order chi connectivity index (χ1) is 17.7. The van der Waals surface area contributed by atoms with Gasteiger partial charge >= 0.3 is 0 Å². The number of carbonyl (C=O) groups excluding carboxylic acids is 1. The summed E-state index contributed by atoms with van der Waals surface area (Å²) in [6, 6.07) is 0.760. The number of anilines is 3. The van der Waals surface area contributed by atoms with Crippen LogP contribution in [0.15, 0.2) is 24.7 Å². The molecule has 0 bridgehead atoms. The second-order valence-corrected chi connectivity index (χ2v) is 9.31. The van der Waals surface area contributed by atoms with Crippen molar-refractivity contribution in [1.29, 1.82) is 0 Å². The van der Waals surface area contributed by atoms with Crippen molar-refractivity contribution >= 4 is 63.9 Å². The van der Waals surface area contributed by atoms with Crippen molar-refractivity contribution in [3.63, 3.8) is 0 Å². The lowest BCUT2D eigenvalue weighted by Crippen LogP contribution is -2.48. The van der Waals surface area contributed by atoms with Crippen LogP contribution in [0.5, 0.6) is 11.5 Å². The maximum atomic E-state index is 13.2. The van der Waals surface area contributed by atoms with E-state index in [4.69, 9.17) is 49.6 Å². The molecule has 2 aliphatic heterocycles. The molecule has 4 rings (SSSR count). The van der Waals surface area contributed by atoms with E-state index in [1.54, 1.807) is 17.2 Å². The Kier molecular flexibility index (Phi) is 8.22. The molecule has 198 valence electrons. The number of nitrogens with zero attached hydrogens (tertiary/aromatic N) is 4. The number of fused-ring (bicyclic) bond motifs is 1. The van der Waals surface area contributed by atoms with Gasteiger partial charge in [-0.2, -0.15) is 4.98 Å². The zero-order valence-corrected chi connectivity index (χ0v) is 22.6. The second kappa shape index (κ2) is 11.2. The molecule has 0 saturated carbocycles. The van der Waals surface area contributed by atoms with Gasteiger partial charge in [0, 0.05) is 24.4 Å². The van der Waals surface area contributed by atoms with Gasteiger partial charge in [-0.25, -0.2) is 9.37 Å². The molecule has 14 heteroatoms. The van der Waals surface area contributed by atoms with Crippen molar-refractivity contribution in [2.75, 3.05) is 49.1 Å². The van der Waals surface area contributed by atoms with Gasteiger partial charge in [0.1, 0.15) is 27.4 Å². The Morgan fingerprint density at radius 3 is 2.51 bits per heavy atom. The van der Waals surface area contributed by atoms with Gasteiger partial charge in [0.05, 0.1) is 51.7 Å². The Morgan fingerprint density at radius 1 is 1.27 bits per heavy atom. The molecule has 0 aliphatic carbocycles. The van der Waals surface area contributed by atoms with E-state index in [0.717, 1.165) is 5.56 Å². The smallest absolute Gasteiger partial charge is 0.279 e. The molecule has 0 spiro atoms. The SMILES string of the molecule is C=C(F)C(=O)N[C@H]1COC[C@H]1Nc1ncc2c(n1)N(CC)C(=S)N(c1c(Cl)c(OC)cc(OC)c1Cl)C2. The molecule has 3 heterocycles. The number of carbonyl (C=O) groups is 1. The van der Waals surface area contributed by atoms with E-state index in [-0.39, 0.29) is 19.3 Å². The van der Waals surface area contributed by atoms with E-state index >= 15 is 0 Å². The van der Waals surface area contributed by atoms with Crippen molar-refractivity contribution in [2.24, 2.45) is 0 Å². The van der Waals surface area contributed by atoms with Crippen LogP contribution in [-0.4, -0.2) is 67.0 Å². The first-order valence-electron chi connectivity index (χ1n) is 11.2. The molecule has 1 amide bonds. The van der Waals surface area contributed by atoms with Crippen LogP contribution in [0, 0.1) is 0 Å². The Labute approximate surface area is 228 Å². The first kappa shape index (κ1) is 27.1. The van der Waals surface area contributed by atoms with Crippen molar-refractivity contribution in [3.8, 4) is 11.5 Å². The Balaban J connectivity index is 1.64. The molecule has 37 heavy (non-hydrogen) atoms. The van der Waals surface area contributed by atoms with Crippen LogP contribution in [0.2, 0.25) is 10.0 Å². The summed E-state index contributed by atoms with van der Waals surface area (Å²) < 4.78 is 29.4. The number of thiocarbonyl (C=S) groups is 1. The van der Waals surface area contributed by atoms with Crippen LogP contribution in [0.3, 0.4) is 0 Å². The molecule has 1 fully saturated rings. The van der Waals surface area contributed by atoms with Gasteiger partial charge in [0.15, 0.2) is 10.9 Å². The lowest BCUT2D eigenvalue weighted by molar-refractivity contribution is -0.119. The molecular formula is C23H25Cl2FN6O4S. The van der Waals surface area contributed by atoms with Crippen molar-refractivity contribution < 1.29 is 23.4 Å². The first-order valence-corrected chi connectivity index (χ1v) is 12.4. The van der Waals surface area contributed by atoms with Crippen LogP contribution in [0.4, 0.5) is 21.8 Å². The fourth-order valence-corrected chi connectivity index (χ4v) is 5.18. The number of aromatic nitrogens is 2. The molecule has 1 aromatic heterocycles. The highest BCUT2D eigenvalue weighted by Crippen LogP contribution is 2.48. The number of methoxy groups -OCH3 is 2. The number of rotatable bonds is 8. The number of amides is 1. The van der Waals surface area contributed by atoms with E-state index in [1.165, 1.54) is 14.2 Å². The van der Waals surface area contributed by atoms with Crippen LogP contribution < -0.4 is 29.9 Å². The summed E-state index contributed by atoms with van der Waals surface area (Å²) in [5.74, 6) is -0.255. The zero-order chi connectivity index (χ0) is 26.9. The van der Waals surface area contributed by atoms with E-state index < -0.39 is 17.8 Å². The third-order valence-electron chi connectivity index (χ3n) is 5.98. The Morgan fingerprint density at radius 2 is 1.92 bits per heavy atom. The zero-order valence-electron chi connectivity index (χ0n) is 20.3. The number of nitrogens with one attached hydrogen (secondary N) is 2. The van der Waals surface area contributed by atoms with Gasteiger partial charge in [-0.3, -0.25) is 4.79 Å². The molecule has 2 N–H and O–H groups in total. The van der Waals surface area contributed by atoms with Crippen LogP contribution >= 0.6 is 35.4 Å². The normalized spacial score (nSPS) is 18.9. The highest BCUT2D eigenvalue weighted by atomic mass is 35.5. The average Bonchev–Trinajstić information content (AvgIpc) is 3.31. The fourth-order valence-electron chi connectivity index (χ4n) is 4.11. The number of ether oxygens (including phenoxy) is 3. The molecule has 2 aromatic rings. The van der Waals surface area contributed by atoms with Crippen LogP contribution in [-0.2, 0) is 16.1 Å². The lowest BCUT2D eigenvalue weighted by atomic mass is 10.1. The number of hydrogen-bond acceptors (Lipinski definition) is 8. The number of hydrogen-bond donors (Lipinski definition) is 2. The predicted molar refractivity (Wildman–Crippen MR) is 144 cm³/mol. The minimum Gasteiger partial charge on any atom is -0.495 e. The highest BCUT2D eigenvalue weighted by molar-refractivity contribution is 7.80. The summed E-state index contributed by atoms with van der Waals surface area (Å²) in [6.07, 6.45) is 1.67. The minimum atomic E-state index is -1.07. The molecule has 2 atom stereocenters. The topological polar surface area (TPSA) is 101 Å². The van der Waals surface area contributed by atoms with E-state index in [1.807, 2.05) is 11.8 Å². The van der Waals surface area contributed by atoms with Crippen LogP contribution in [0.1, 0.15) is 12.5 Å². The van der Waals surface area contributed by atoms with Crippen molar-refractivity contribution in [2.45, 2.75) is 25.6 Å². The fraction of sp³-hybridized carbons (Fsp3) is 0.391. The number of halogens is 3. The molecule has 0 unspecified atom stereocenters. The Bertz CT molecular complexity index is 1220. The second-order valence-electron chi connectivity index (χ2n) is 8.19. The lowest BCUT2D eigenvalue weighted by Gasteiger charge is -2.39. The van der Waals surface area contributed by atoms with Gasteiger partial charge in [-0.15, -0.1) is 0 Å². The predicted octanol–water partition coefficient (Wildman–Crippen LogP) is 3.71. The molecular weight excluding hydrogens is 546 g/mol. The monoisotopic (exact) mass is 570 g/mol. The van der Waals surface area contributed by atoms with Gasteiger partial charge < -0.3 is 34.6 Å². The summed E-state index contributed by atoms with van der Waals surface area (Å²) in [4.78, 5) is 24.5. The third-order valence-corrected chi connectivity index (χ3v) is 7.15. The summed E-state index contributed by atoms with van der Waals surface area (Å²) in [5.41, 5.74) is 1.23. The van der Waals surface area contributed by atoms with Crippen molar-refractivity contribution in [1.82, 2.24) is 15.3 Å². The van der Waals surface area contributed by atoms with Crippen molar-refractivity contribution in [3.05, 3.63) is 40.3 Å². The van der Waals surface area contributed by atoms with Gasteiger partial charge in [0.2, 0.25) is 5.95 Å². The number of benzene rings is 1. The van der Waals surface area contributed by atoms with Gasteiger partial charge in [-0.1, -0.05) is 29.8 Å². The average molecular weight is 571 g/mol. The Hall–Kier alpha value is -2.93. The minimum absolute atomic E-state index is 0.216. The highest BCUT2D eigenvalue weighted by Gasteiger charge is 2.35. The van der Waals surface area contributed by atoms with Gasteiger partial charge in [0.25, 0.3) is 5.91 Å². The summed E-state index contributed by atoms with van der Waals surface area (Å²) in [7, 11) is 3.00. The van der Waals surface area contributed by atoms with E-state index in [9.17, 15) is 9.18 Å². The largest absolute Gasteiger partial charge is 0.495 e. The van der Waals surface area contributed by atoms with E-state index in [2.05, 4.69) is 27.2 Å². The summed E-state index contributed by atoms with van der Waals surface area (Å²) >= 11 is 19.1. The summed E-state index contributed by atoms with van der Waals surface area (Å²) in [5, 5.41) is 6.72. The standard InChI is InChI=1S/C23H25Cl2FN6O4S/c1-5-31-20-12(7-27-22(30-20)29-14-10-36-9-13(14)28-21(33)11(2)26)8-32(23(31)37)19-17(24)15(34-3)6-16(35-4)18(19)25/h6-7,13-14H,2,5,8-10H2,1,3-4H3,(H,28,33)(H,27,29,30)/t13-,14+/m0/s1. The maximum absolute atomic E-state index is 13.2.